The third kappa shape index (κ3) is 7.82. The van der Waals surface area contributed by atoms with Crippen LogP contribution in [-0.4, -0.2) is 30.5 Å². The van der Waals surface area contributed by atoms with Crippen molar-refractivity contribution in [2.75, 3.05) is 11.9 Å². The highest BCUT2D eigenvalue weighted by atomic mass is 16.5. The predicted molar refractivity (Wildman–Crippen MR) is 135 cm³/mol. The van der Waals surface area contributed by atoms with Gasteiger partial charge in [-0.3, -0.25) is 14.4 Å². The summed E-state index contributed by atoms with van der Waals surface area (Å²) in [6.45, 7) is 5.98. The van der Waals surface area contributed by atoms with Gasteiger partial charge in [-0.05, 0) is 61.7 Å². The molecule has 0 bridgehead atoms. The van der Waals surface area contributed by atoms with E-state index in [1.54, 1.807) is 24.3 Å². The number of hydrogen-bond donors (Lipinski definition) is 3. The minimum absolute atomic E-state index is 0.203. The van der Waals surface area contributed by atoms with E-state index in [4.69, 9.17) is 4.74 Å². The Balaban J connectivity index is 1.49. The highest BCUT2D eigenvalue weighted by Crippen LogP contribution is 2.17. The molecule has 0 unspecified atom stereocenters. The van der Waals surface area contributed by atoms with Gasteiger partial charge in [0.1, 0.15) is 5.75 Å². The molecule has 0 fully saturated rings. The first kappa shape index (κ1) is 25.2. The van der Waals surface area contributed by atoms with Gasteiger partial charge in [0.2, 0.25) is 0 Å². The summed E-state index contributed by atoms with van der Waals surface area (Å²) in [5.74, 6) is -1.59. The zero-order chi connectivity index (χ0) is 25.2. The molecule has 0 heterocycles. The molecule has 3 aromatic rings. The molecule has 0 saturated heterocycles. The summed E-state index contributed by atoms with van der Waals surface area (Å²) in [6, 6.07) is 20.2. The third-order valence-corrected chi connectivity index (χ3v) is 5.22. The van der Waals surface area contributed by atoms with Crippen LogP contribution in [-0.2, 0) is 20.9 Å². The third-order valence-electron chi connectivity index (χ3n) is 5.22. The Bertz CT molecular complexity index is 1240. The fourth-order valence-electron chi connectivity index (χ4n) is 3.06. The van der Waals surface area contributed by atoms with Gasteiger partial charge < -0.3 is 15.4 Å². The van der Waals surface area contributed by atoms with E-state index in [1.807, 2.05) is 63.2 Å². The zero-order valence-electron chi connectivity index (χ0n) is 19.9. The van der Waals surface area contributed by atoms with Crippen molar-refractivity contribution in [2.45, 2.75) is 27.3 Å². The second kappa shape index (κ2) is 12.1. The van der Waals surface area contributed by atoms with Crippen LogP contribution >= 0.6 is 0 Å². The van der Waals surface area contributed by atoms with Crippen molar-refractivity contribution in [3.8, 4) is 5.75 Å². The van der Waals surface area contributed by atoms with Gasteiger partial charge in [-0.25, -0.2) is 5.43 Å². The van der Waals surface area contributed by atoms with Crippen LogP contribution in [0.15, 0.2) is 71.8 Å². The summed E-state index contributed by atoms with van der Waals surface area (Å²) >= 11 is 0. The number of ether oxygens (including phenoxy) is 1. The summed E-state index contributed by atoms with van der Waals surface area (Å²) in [7, 11) is 0. The summed E-state index contributed by atoms with van der Waals surface area (Å²) in [4.78, 5) is 36.3. The zero-order valence-corrected chi connectivity index (χ0v) is 19.9. The summed E-state index contributed by atoms with van der Waals surface area (Å²) < 4.78 is 5.63. The Labute approximate surface area is 204 Å². The Kier molecular flexibility index (Phi) is 8.72. The first-order valence-corrected chi connectivity index (χ1v) is 11.1. The van der Waals surface area contributed by atoms with Gasteiger partial charge in [-0.2, -0.15) is 5.10 Å². The van der Waals surface area contributed by atoms with Crippen molar-refractivity contribution in [3.63, 3.8) is 0 Å². The maximum absolute atomic E-state index is 12.3. The number of para-hydroxylation sites is 1. The number of hydrazone groups is 1. The fraction of sp³-hybridized carbons (Fsp3) is 0.185. The standard InChI is InChI=1S/C27H28N4O4/c1-18-8-11-21(12-9-18)15-28-26(33)27(34)31-29-16-22-6-4-5-7-24(22)35-17-25(32)30-23-13-10-19(2)20(3)14-23/h4-14,16H,15,17H2,1-3H3,(H,28,33)(H,30,32)(H,31,34)/b29-16-. The lowest BCUT2D eigenvalue weighted by molar-refractivity contribution is -0.139. The van der Waals surface area contributed by atoms with E-state index in [2.05, 4.69) is 21.2 Å². The lowest BCUT2D eigenvalue weighted by Crippen LogP contribution is -2.37. The van der Waals surface area contributed by atoms with Gasteiger partial charge in [0.15, 0.2) is 6.61 Å². The number of carbonyl (C=O) groups is 3. The monoisotopic (exact) mass is 472 g/mol. The van der Waals surface area contributed by atoms with E-state index in [0.717, 1.165) is 22.3 Å². The summed E-state index contributed by atoms with van der Waals surface area (Å²) in [6.07, 6.45) is 1.35. The average molecular weight is 473 g/mol. The van der Waals surface area contributed by atoms with E-state index in [0.29, 0.717) is 17.0 Å². The molecule has 3 amide bonds. The van der Waals surface area contributed by atoms with Crippen molar-refractivity contribution in [3.05, 3.63) is 94.5 Å². The smallest absolute Gasteiger partial charge is 0.329 e. The molecule has 3 aromatic carbocycles. The molecule has 0 aliphatic carbocycles. The van der Waals surface area contributed by atoms with Gasteiger partial charge >= 0.3 is 11.8 Å². The summed E-state index contributed by atoms with van der Waals surface area (Å²) in [5, 5.41) is 9.18. The molecule has 8 nitrogen and oxygen atoms in total. The van der Waals surface area contributed by atoms with Crippen LogP contribution in [0, 0.1) is 20.8 Å². The second-order valence-corrected chi connectivity index (χ2v) is 8.04. The molecule has 0 spiro atoms. The van der Waals surface area contributed by atoms with Gasteiger partial charge in [-0.15, -0.1) is 0 Å². The van der Waals surface area contributed by atoms with Crippen LogP contribution in [0.1, 0.15) is 27.8 Å². The number of nitrogens with zero attached hydrogens (tertiary/aromatic N) is 1. The topological polar surface area (TPSA) is 109 Å². The Morgan fingerprint density at radius 2 is 1.63 bits per heavy atom. The van der Waals surface area contributed by atoms with Gasteiger partial charge in [0, 0.05) is 17.8 Å². The van der Waals surface area contributed by atoms with Crippen LogP contribution in [0.5, 0.6) is 5.75 Å². The largest absolute Gasteiger partial charge is 0.483 e. The average Bonchev–Trinajstić information content (AvgIpc) is 2.85. The lowest BCUT2D eigenvalue weighted by Gasteiger charge is -2.10. The predicted octanol–water partition coefficient (Wildman–Crippen LogP) is 3.40. The minimum Gasteiger partial charge on any atom is -0.483 e. The molecule has 35 heavy (non-hydrogen) atoms. The lowest BCUT2D eigenvalue weighted by atomic mass is 10.1. The van der Waals surface area contributed by atoms with Gasteiger partial charge in [0.25, 0.3) is 5.91 Å². The van der Waals surface area contributed by atoms with Crippen molar-refractivity contribution in [1.29, 1.82) is 0 Å². The molecule has 0 atom stereocenters. The molecule has 0 aliphatic heterocycles. The van der Waals surface area contributed by atoms with Crippen molar-refractivity contribution < 1.29 is 19.1 Å². The molecule has 0 aliphatic rings. The number of anilines is 1. The van der Waals surface area contributed by atoms with Crippen LogP contribution in [0.4, 0.5) is 5.69 Å². The number of nitrogens with one attached hydrogen (secondary N) is 3. The van der Waals surface area contributed by atoms with Gasteiger partial charge in [-0.1, -0.05) is 48.0 Å². The van der Waals surface area contributed by atoms with E-state index in [1.165, 1.54) is 6.21 Å². The normalized spacial score (nSPS) is 10.6. The number of benzene rings is 3. The first-order valence-electron chi connectivity index (χ1n) is 11.1. The van der Waals surface area contributed by atoms with E-state index < -0.39 is 11.8 Å². The molecule has 180 valence electrons. The van der Waals surface area contributed by atoms with E-state index >= 15 is 0 Å². The molecular formula is C27H28N4O4. The van der Waals surface area contributed by atoms with Crippen LogP contribution in [0.25, 0.3) is 0 Å². The summed E-state index contributed by atoms with van der Waals surface area (Å²) in [5.41, 5.74) is 7.64. The number of carbonyl (C=O) groups excluding carboxylic acids is 3. The molecule has 0 radical (unpaired) electrons. The van der Waals surface area contributed by atoms with Crippen LogP contribution in [0.2, 0.25) is 0 Å². The maximum atomic E-state index is 12.3. The molecular weight excluding hydrogens is 444 g/mol. The van der Waals surface area contributed by atoms with Crippen molar-refractivity contribution in [1.82, 2.24) is 10.7 Å². The van der Waals surface area contributed by atoms with Crippen LogP contribution in [0.3, 0.4) is 0 Å². The highest BCUT2D eigenvalue weighted by Gasteiger charge is 2.12. The van der Waals surface area contributed by atoms with E-state index in [-0.39, 0.29) is 19.1 Å². The Morgan fingerprint density at radius 3 is 2.37 bits per heavy atom. The maximum Gasteiger partial charge on any atom is 0.329 e. The number of aryl methyl sites for hydroxylation is 3. The van der Waals surface area contributed by atoms with Gasteiger partial charge in [0.05, 0.1) is 6.21 Å². The number of hydrogen-bond acceptors (Lipinski definition) is 5. The molecule has 3 N–H and O–H groups in total. The molecule has 0 saturated carbocycles. The first-order chi connectivity index (χ1) is 16.8. The quantitative estimate of drug-likeness (QED) is 0.265. The minimum atomic E-state index is -0.889. The number of rotatable bonds is 8. The number of amides is 3. The fourth-order valence-corrected chi connectivity index (χ4v) is 3.06. The van der Waals surface area contributed by atoms with E-state index in [9.17, 15) is 14.4 Å². The molecule has 3 rings (SSSR count). The highest BCUT2D eigenvalue weighted by molar-refractivity contribution is 6.35. The Morgan fingerprint density at radius 1 is 0.886 bits per heavy atom. The second-order valence-electron chi connectivity index (χ2n) is 8.04. The Hall–Kier alpha value is -4.46. The van der Waals surface area contributed by atoms with Crippen molar-refractivity contribution in [2.24, 2.45) is 5.10 Å². The van der Waals surface area contributed by atoms with Crippen molar-refractivity contribution >= 4 is 29.6 Å². The molecule has 8 heteroatoms. The van der Waals surface area contributed by atoms with Crippen LogP contribution < -0.4 is 20.8 Å². The molecule has 0 aromatic heterocycles. The SMILES string of the molecule is Cc1ccc(CNC(=O)C(=O)N/N=C\c2ccccc2OCC(=O)Nc2ccc(C)c(C)c2)cc1.